The highest BCUT2D eigenvalue weighted by atomic mass is 35.5. The van der Waals surface area contributed by atoms with E-state index in [0.717, 1.165) is 12.5 Å². The molecule has 0 bridgehead atoms. The van der Waals surface area contributed by atoms with Gasteiger partial charge in [-0.1, -0.05) is 30.3 Å². The molecule has 0 spiro atoms. The highest BCUT2D eigenvalue weighted by molar-refractivity contribution is 7.09. The summed E-state index contributed by atoms with van der Waals surface area (Å²) in [6, 6.07) is 13.5. The van der Waals surface area contributed by atoms with Crippen LogP contribution in [0.25, 0.3) is 0 Å². The first-order chi connectivity index (χ1) is 9.88. The van der Waals surface area contributed by atoms with Gasteiger partial charge in [0.2, 0.25) is 0 Å². The molecule has 3 rings (SSSR count). The maximum Gasteiger partial charge on any atom is 0.00486 e. The first kappa shape index (κ1) is 16.5. The van der Waals surface area contributed by atoms with Crippen LogP contribution in [0, 0.1) is 5.92 Å². The summed E-state index contributed by atoms with van der Waals surface area (Å²) in [7, 11) is 2.08. The second kappa shape index (κ2) is 7.98. The minimum atomic E-state index is 0. The van der Waals surface area contributed by atoms with Crippen LogP contribution >= 0.6 is 23.7 Å². The molecule has 0 saturated carbocycles. The van der Waals surface area contributed by atoms with Crippen molar-refractivity contribution in [2.45, 2.75) is 31.6 Å². The zero-order chi connectivity index (χ0) is 13.8. The fourth-order valence-corrected chi connectivity index (χ4v) is 4.39. The molecular formula is C18H24ClNS. The number of halogens is 1. The standard InChI is InChI=1S/C18H23NS.ClH/c1-19-13-15(12-16-8-5-11-20-16)18-10-4-7-14-6-2-3-9-17(14)18;/h2-3,5-6,8-9,11,15,18-19H,4,7,10,12-13H2,1H3;1H. The van der Waals surface area contributed by atoms with Crippen LogP contribution in [0.15, 0.2) is 41.8 Å². The van der Waals surface area contributed by atoms with Crippen molar-refractivity contribution in [3.05, 3.63) is 57.8 Å². The number of nitrogens with one attached hydrogen (secondary N) is 1. The van der Waals surface area contributed by atoms with Gasteiger partial charge in [-0.2, -0.15) is 0 Å². The van der Waals surface area contributed by atoms with Gasteiger partial charge in [0.25, 0.3) is 0 Å². The van der Waals surface area contributed by atoms with Gasteiger partial charge < -0.3 is 5.32 Å². The van der Waals surface area contributed by atoms with Crippen molar-refractivity contribution in [3.63, 3.8) is 0 Å². The first-order valence-corrected chi connectivity index (χ1v) is 8.51. The molecule has 114 valence electrons. The smallest absolute Gasteiger partial charge is 0.00486 e. The highest BCUT2D eigenvalue weighted by Gasteiger charge is 2.27. The van der Waals surface area contributed by atoms with E-state index in [1.165, 1.54) is 30.6 Å². The van der Waals surface area contributed by atoms with Crippen LogP contribution in [0.2, 0.25) is 0 Å². The number of fused-ring (bicyclic) bond motifs is 1. The first-order valence-electron chi connectivity index (χ1n) is 7.63. The van der Waals surface area contributed by atoms with Crippen molar-refractivity contribution in [1.82, 2.24) is 5.32 Å². The lowest BCUT2D eigenvalue weighted by Gasteiger charge is -2.32. The van der Waals surface area contributed by atoms with E-state index in [1.807, 2.05) is 11.3 Å². The zero-order valence-electron chi connectivity index (χ0n) is 12.5. The predicted octanol–water partition coefficient (Wildman–Crippen LogP) is 4.67. The fourth-order valence-electron chi connectivity index (χ4n) is 3.59. The number of benzene rings is 1. The molecule has 1 aliphatic rings. The van der Waals surface area contributed by atoms with E-state index in [0.29, 0.717) is 5.92 Å². The quantitative estimate of drug-likeness (QED) is 0.844. The summed E-state index contributed by atoms with van der Waals surface area (Å²) in [5.41, 5.74) is 3.19. The molecule has 0 saturated heterocycles. The normalized spacial score (nSPS) is 18.6. The number of thiophene rings is 1. The molecule has 1 nitrogen and oxygen atoms in total. The Bertz CT molecular complexity index is 538. The molecule has 0 amide bonds. The zero-order valence-corrected chi connectivity index (χ0v) is 14.2. The Balaban J connectivity index is 0.00000161. The van der Waals surface area contributed by atoms with Crippen molar-refractivity contribution in [2.24, 2.45) is 5.92 Å². The van der Waals surface area contributed by atoms with E-state index >= 15 is 0 Å². The Morgan fingerprint density at radius 1 is 1.24 bits per heavy atom. The molecule has 1 aliphatic carbocycles. The highest BCUT2D eigenvalue weighted by Crippen LogP contribution is 2.38. The van der Waals surface area contributed by atoms with Crippen molar-refractivity contribution < 1.29 is 0 Å². The van der Waals surface area contributed by atoms with E-state index < -0.39 is 0 Å². The monoisotopic (exact) mass is 321 g/mol. The van der Waals surface area contributed by atoms with Crippen LogP contribution in [0.4, 0.5) is 0 Å². The van der Waals surface area contributed by atoms with Gasteiger partial charge in [0, 0.05) is 4.88 Å². The van der Waals surface area contributed by atoms with Crippen molar-refractivity contribution >= 4 is 23.7 Å². The van der Waals surface area contributed by atoms with Crippen LogP contribution in [0.5, 0.6) is 0 Å². The molecule has 2 atom stereocenters. The van der Waals surface area contributed by atoms with Crippen LogP contribution in [0.3, 0.4) is 0 Å². The van der Waals surface area contributed by atoms with Gasteiger partial charge in [-0.3, -0.25) is 0 Å². The summed E-state index contributed by atoms with van der Waals surface area (Å²) in [5, 5.41) is 5.61. The van der Waals surface area contributed by atoms with Gasteiger partial charge in [-0.05, 0) is 73.7 Å². The van der Waals surface area contributed by atoms with Crippen molar-refractivity contribution in [3.8, 4) is 0 Å². The Kier molecular flexibility index (Phi) is 6.28. The van der Waals surface area contributed by atoms with E-state index in [2.05, 4.69) is 54.1 Å². The summed E-state index contributed by atoms with van der Waals surface area (Å²) < 4.78 is 0. The second-order valence-corrected chi connectivity index (χ2v) is 6.83. The molecule has 1 aromatic carbocycles. The topological polar surface area (TPSA) is 12.0 Å². The van der Waals surface area contributed by atoms with E-state index in [1.54, 1.807) is 11.1 Å². The molecule has 0 aliphatic heterocycles. The molecule has 21 heavy (non-hydrogen) atoms. The molecule has 0 radical (unpaired) electrons. The summed E-state index contributed by atoms with van der Waals surface area (Å²) in [6.45, 7) is 1.11. The van der Waals surface area contributed by atoms with Gasteiger partial charge in [-0.25, -0.2) is 0 Å². The molecule has 1 heterocycles. The van der Waals surface area contributed by atoms with Gasteiger partial charge in [0.05, 0.1) is 0 Å². The van der Waals surface area contributed by atoms with Crippen LogP contribution in [-0.4, -0.2) is 13.6 Å². The van der Waals surface area contributed by atoms with Crippen LogP contribution in [-0.2, 0) is 12.8 Å². The fraction of sp³-hybridized carbons (Fsp3) is 0.444. The molecule has 3 heteroatoms. The number of hydrogen-bond donors (Lipinski definition) is 1. The third-order valence-corrected chi connectivity index (χ3v) is 5.39. The molecule has 2 aromatic rings. The van der Waals surface area contributed by atoms with Gasteiger partial charge >= 0.3 is 0 Å². The van der Waals surface area contributed by atoms with Gasteiger partial charge in [-0.15, -0.1) is 23.7 Å². The Morgan fingerprint density at radius 2 is 2.10 bits per heavy atom. The Hall–Kier alpha value is -0.830. The van der Waals surface area contributed by atoms with E-state index in [4.69, 9.17) is 0 Å². The van der Waals surface area contributed by atoms with Gasteiger partial charge in [0.1, 0.15) is 0 Å². The molecule has 2 unspecified atom stereocenters. The third-order valence-electron chi connectivity index (χ3n) is 4.49. The maximum absolute atomic E-state index is 3.41. The number of hydrogen-bond acceptors (Lipinski definition) is 2. The van der Waals surface area contributed by atoms with Crippen LogP contribution < -0.4 is 5.32 Å². The average molecular weight is 322 g/mol. The lowest BCUT2D eigenvalue weighted by Crippen LogP contribution is -2.28. The molecule has 1 N–H and O–H groups in total. The minimum Gasteiger partial charge on any atom is -0.319 e. The molecule has 0 fully saturated rings. The summed E-state index contributed by atoms with van der Waals surface area (Å²) in [6.07, 6.45) is 5.15. The maximum atomic E-state index is 3.41. The van der Waals surface area contributed by atoms with Gasteiger partial charge in [0.15, 0.2) is 0 Å². The third kappa shape index (κ3) is 3.88. The molecule has 1 aromatic heterocycles. The minimum absolute atomic E-state index is 0. The lowest BCUT2D eigenvalue weighted by atomic mass is 9.74. The molecular weight excluding hydrogens is 298 g/mol. The van der Waals surface area contributed by atoms with E-state index in [-0.39, 0.29) is 12.4 Å². The van der Waals surface area contributed by atoms with E-state index in [9.17, 15) is 0 Å². The average Bonchev–Trinajstić information content (AvgIpc) is 2.99. The second-order valence-electron chi connectivity index (χ2n) is 5.80. The Labute approximate surface area is 138 Å². The summed E-state index contributed by atoms with van der Waals surface area (Å²) >= 11 is 1.89. The SMILES string of the molecule is CNCC(Cc1cccs1)C1CCCc2ccccc21.Cl. The Morgan fingerprint density at radius 3 is 2.86 bits per heavy atom. The van der Waals surface area contributed by atoms with Crippen molar-refractivity contribution in [2.75, 3.05) is 13.6 Å². The number of aryl methyl sites for hydroxylation is 1. The number of rotatable bonds is 5. The summed E-state index contributed by atoms with van der Waals surface area (Å²) in [4.78, 5) is 1.52. The predicted molar refractivity (Wildman–Crippen MR) is 94.8 cm³/mol. The largest absolute Gasteiger partial charge is 0.319 e. The lowest BCUT2D eigenvalue weighted by molar-refractivity contribution is 0.367. The van der Waals surface area contributed by atoms with Crippen molar-refractivity contribution in [1.29, 1.82) is 0 Å². The van der Waals surface area contributed by atoms with Crippen LogP contribution in [0.1, 0.15) is 34.8 Å². The summed E-state index contributed by atoms with van der Waals surface area (Å²) in [5.74, 6) is 1.43.